The normalized spacial score (nSPS) is 52.6. The molecule has 0 aromatic carbocycles. The van der Waals surface area contributed by atoms with Gasteiger partial charge in [-0.1, -0.05) is 41.0 Å². The second-order valence-corrected chi connectivity index (χ2v) is 13.6. The van der Waals surface area contributed by atoms with E-state index in [1.165, 1.54) is 56.3 Å². The first-order chi connectivity index (χ1) is 11.7. The Morgan fingerprint density at radius 3 is 2.16 bits per heavy atom. The summed E-state index contributed by atoms with van der Waals surface area (Å²) in [6, 6.07) is 0. The van der Waals surface area contributed by atoms with E-state index in [1.807, 2.05) is 0 Å². The first kappa shape index (κ1) is 18.7. The van der Waals surface area contributed by atoms with Crippen molar-refractivity contribution in [3.63, 3.8) is 0 Å². The van der Waals surface area contributed by atoms with E-state index < -0.39 is 0 Å². The zero-order chi connectivity index (χ0) is 18.1. The highest BCUT2D eigenvalue weighted by atomic mass is 32.2. The molecule has 0 N–H and O–H groups in total. The molecule has 0 aromatic heterocycles. The summed E-state index contributed by atoms with van der Waals surface area (Å²) >= 11 is 4.27. The fourth-order valence-corrected chi connectivity index (χ4v) is 11.5. The minimum absolute atomic E-state index is 0.187. The Hall–Kier alpha value is 0.370. The summed E-state index contributed by atoms with van der Waals surface area (Å²) < 4.78 is 0.628. The lowest BCUT2D eigenvalue weighted by molar-refractivity contribution is -0.135. The predicted octanol–water partition coefficient (Wildman–Crippen LogP) is 6.27. The molecule has 1 aliphatic heterocycles. The Morgan fingerprint density at radius 2 is 1.52 bits per heavy atom. The number of hydrogen-bond donors (Lipinski definition) is 0. The summed E-state index contributed by atoms with van der Waals surface area (Å²) in [5.74, 6) is 4.34. The molecule has 4 rings (SSSR count). The van der Waals surface area contributed by atoms with E-state index in [0.717, 1.165) is 11.8 Å². The molecule has 0 bridgehead atoms. The van der Waals surface area contributed by atoms with Crippen LogP contribution in [0.2, 0.25) is 0 Å². The average molecular weight is 381 g/mol. The van der Waals surface area contributed by atoms with Crippen LogP contribution in [0.15, 0.2) is 0 Å². The Morgan fingerprint density at radius 1 is 0.840 bits per heavy atom. The van der Waals surface area contributed by atoms with Gasteiger partial charge in [-0.25, -0.2) is 0 Å². The van der Waals surface area contributed by atoms with Crippen LogP contribution < -0.4 is 0 Å². The Labute approximate surface area is 163 Å². The van der Waals surface area contributed by atoms with Crippen LogP contribution in [0.1, 0.15) is 73.1 Å². The van der Waals surface area contributed by atoms with Crippen LogP contribution in [-0.2, 0) is 4.79 Å². The number of thioether (sulfide) groups is 2. The van der Waals surface area contributed by atoms with Gasteiger partial charge >= 0.3 is 0 Å². The smallest absolute Gasteiger partial charge is 0.124 e. The molecule has 3 aliphatic carbocycles. The molecule has 142 valence electrons. The second kappa shape index (κ2) is 5.93. The van der Waals surface area contributed by atoms with Crippen molar-refractivity contribution in [2.24, 2.45) is 39.4 Å². The monoisotopic (exact) mass is 380 g/mol. The van der Waals surface area contributed by atoms with E-state index in [2.05, 4.69) is 58.1 Å². The lowest BCUT2D eigenvalue weighted by atomic mass is 9.43. The van der Waals surface area contributed by atoms with E-state index in [-0.39, 0.29) is 16.7 Å². The number of carbonyl (C=O) groups excluding carboxylic acids is 1. The number of rotatable bonds is 2. The standard InChI is InChI=1S/C22H36OS2/c1-19(2)8-6-9-20(3)15(19)7-10-21(4)16(20)13-22(5,17(21)14-23)18-24-11-12-25-18/h14-18H,6-13H2,1-5H3/t15-,16+,17-,20-,21+,22-/m0/s1. The van der Waals surface area contributed by atoms with Crippen LogP contribution in [0.5, 0.6) is 0 Å². The van der Waals surface area contributed by atoms with E-state index in [9.17, 15) is 4.79 Å². The molecule has 0 spiro atoms. The minimum Gasteiger partial charge on any atom is -0.303 e. The molecule has 4 fully saturated rings. The first-order valence-corrected chi connectivity index (χ1v) is 12.5. The van der Waals surface area contributed by atoms with Gasteiger partial charge in [0.1, 0.15) is 6.29 Å². The van der Waals surface area contributed by atoms with Gasteiger partial charge in [0, 0.05) is 17.4 Å². The molecule has 1 nitrogen and oxygen atoms in total. The zero-order valence-electron chi connectivity index (χ0n) is 16.8. The topological polar surface area (TPSA) is 17.1 Å². The van der Waals surface area contributed by atoms with Crippen molar-refractivity contribution in [3.05, 3.63) is 0 Å². The molecule has 0 aromatic rings. The third-order valence-corrected chi connectivity index (χ3v) is 12.8. The summed E-state index contributed by atoms with van der Waals surface area (Å²) in [6.45, 7) is 12.6. The maximum atomic E-state index is 12.4. The van der Waals surface area contributed by atoms with E-state index in [1.54, 1.807) is 0 Å². The van der Waals surface area contributed by atoms with Gasteiger partial charge in [-0.2, -0.15) is 0 Å². The van der Waals surface area contributed by atoms with E-state index in [0.29, 0.717) is 15.4 Å². The molecule has 1 heterocycles. The summed E-state index contributed by atoms with van der Waals surface area (Å²) in [7, 11) is 0. The van der Waals surface area contributed by atoms with Crippen LogP contribution in [0.4, 0.5) is 0 Å². The average Bonchev–Trinajstić information content (AvgIpc) is 3.12. The van der Waals surface area contributed by atoms with Gasteiger partial charge < -0.3 is 4.79 Å². The number of hydrogen-bond acceptors (Lipinski definition) is 3. The highest BCUT2D eigenvalue weighted by Crippen LogP contribution is 2.74. The summed E-state index contributed by atoms with van der Waals surface area (Å²) in [4.78, 5) is 12.4. The molecule has 3 heteroatoms. The number of aldehydes is 1. The van der Waals surface area contributed by atoms with Crippen LogP contribution in [0, 0.1) is 39.4 Å². The van der Waals surface area contributed by atoms with Crippen molar-refractivity contribution in [3.8, 4) is 0 Å². The summed E-state index contributed by atoms with van der Waals surface area (Å²) in [6.07, 6.45) is 9.41. The summed E-state index contributed by atoms with van der Waals surface area (Å²) in [5, 5.41) is 0. The molecule has 1 saturated heterocycles. The van der Waals surface area contributed by atoms with Gasteiger partial charge in [-0.3, -0.25) is 0 Å². The molecule has 25 heavy (non-hydrogen) atoms. The molecular weight excluding hydrogens is 344 g/mol. The maximum Gasteiger partial charge on any atom is 0.124 e. The third-order valence-electron chi connectivity index (χ3n) is 9.20. The SMILES string of the molecule is CC1(C)CCC[C@]2(C)[C@H]3C[C@](C)(C4SCCS4)[C@@H](C=O)[C@]3(C)CC[C@@H]12. The maximum absolute atomic E-state index is 12.4. The van der Waals surface area contributed by atoms with Gasteiger partial charge in [-0.05, 0) is 65.6 Å². The van der Waals surface area contributed by atoms with Crippen molar-refractivity contribution in [1.29, 1.82) is 0 Å². The molecule has 0 unspecified atom stereocenters. The lowest BCUT2D eigenvalue weighted by Crippen LogP contribution is -2.54. The van der Waals surface area contributed by atoms with E-state index in [4.69, 9.17) is 0 Å². The van der Waals surface area contributed by atoms with Gasteiger partial charge in [-0.15, -0.1) is 23.5 Å². The molecule has 3 saturated carbocycles. The fourth-order valence-electron chi connectivity index (χ4n) is 8.14. The van der Waals surface area contributed by atoms with Crippen LogP contribution >= 0.6 is 23.5 Å². The minimum atomic E-state index is 0.187. The first-order valence-electron chi connectivity index (χ1n) is 10.4. The van der Waals surface area contributed by atoms with Gasteiger partial charge in [0.2, 0.25) is 0 Å². The van der Waals surface area contributed by atoms with Crippen LogP contribution in [-0.4, -0.2) is 22.4 Å². The second-order valence-electron chi connectivity index (χ2n) is 10.9. The van der Waals surface area contributed by atoms with Crippen LogP contribution in [0.3, 0.4) is 0 Å². The molecular formula is C22H36OS2. The van der Waals surface area contributed by atoms with Crippen molar-refractivity contribution >= 4 is 29.8 Å². The van der Waals surface area contributed by atoms with Crippen molar-refractivity contribution < 1.29 is 4.79 Å². The third kappa shape index (κ3) is 2.46. The Kier molecular flexibility index (Phi) is 4.44. The molecule has 6 atom stereocenters. The molecule has 4 aliphatic rings. The van der Waals surface area contributed by atoms with Crippen molar-refractivity contribution in [2.75, 3.05) is 11.5 Å². The zero-order valence-corrected chi connectivity index (χ0v) is 18.4. The highest BCUT2D eigenvalue weighted by Gasteiger charge is 2.68. The van der Waals surface area contributed by atoms with Crippen molar-refractivity contribution in [1.82, 2.24) is 0 Å². The van der Waals surface area contributed by atoms with Gasteiger partial charge in [0.25, 0.3) is 0 Å². The van der Waals surface area contributed by atoms with Gasteiger partial charge in [0.15, 0.2) is 0 Å². The molecule has 0 amide bonds. The molecule has 0 radical (unpaired) electrons. The van der Waals surface area contributed by atoms with E-state index >= 15 is 0 Å². The fraction of sp³-hybridized carbons (Fsp3) is 0.955. The largest absolute Gasteiger partial charge is 0.303 e. The van der Waals surface area contributed by atoms with Crippen molar-refractivity contribution in [2.45, 2.75) is 77.7 Å². The Bertz CT molecular complexity index is 554. The Balaban J connectivity index is 1.75. The highest BCUT2D eigenvalue weighted by molar-refractivity contribution is 8.20. The number of fused-ring (bicyclic) bond motifs is 3. The lowest BCUT2D eigenvalue weighted by Gasteiger charge is -2.61. The quantitative estimate of drug-likeness (QED) is 0.526. The predicted molar refractivity (Wildman–Crippen MR) is 111 cm³/mol. The van der Waals surface area contributed by atoms with Crippen LogP contribution in [0.25, 0.3) is 0 Å². The summed E-state index contributed by atoms with van der Waals surface area (Å²) in [5.41, 5.74) is 1.31. The van der Waals surface area contributed by atoms with Gasteiger partial charge in [0.05, 0.1) is 4.58 Å². The number of carbonyl (C=O) groups is 1.